The van der Waals surface area contributed by atoms with Crippen LogP contribution in [0.15, 0.2) is 78.9 Å². The first-order chi connectivity index (χ1) is 13.5. The van der Waals surface area contributed by atoms with Gasteiger partial charge >= 0.3 is 0 Å². The molecule has 3 aromatic rings. The number of halogens is 2. The van der Waals surface area contributed by atoms with Crippen LogP contribution in [-0.4, -0.2) is 11.8 Å². The first-order valence-electron chi connectivity index (χ1n) is 8.42. The molecule has 0 aliphatic rings. The van der Waals surface area contributed by atoms with Gasteiger partial charge in [0.25, 0.3) is 5.91 Å². The highest BCUT2D eigenvalue weighted by atomic mass is 35.5. The summed E-state index contributed by atoms with van der Waals surface area (Å²) in [6.07, 6.45) is 3.00. The average molecular weight is 411 g/mol. The van der Waals surface area contributed by atoms with Crippen LogP contribution < -0.4 is 10.6 Å². The van der Waals surface area contributed by atoms with Gasteiger partial charge in [0.1, 0.15) is 0 Å². The number of carbonyl (C=O) groups is 2. The molecule has 0 heterocycles. The highest BCUT2D eigenvalue weighted by molar-refractivity contribution is 6.35. The third-order valence-electron chi connectivity index (χ3n) is 3.82. The minimum absolute atomic E-state index is 0.194. The first kappa shape index (κ1) is 19.7. The fraction of sp³-hybridized carbons (Fsp3) is 0. The Hall–Kier alpha value is -3.08. The Morgan fingerprint density at radius 1 is 0.786 bits per heavy atom. The molecular weight excluding hydrogens is 395 g/mol. The summed E-state index contributed by atoms with van der Waals surface area (Å²) in [6, 6.07) is 20.8. The second-order valence-electron chi connectivity index (χ2n) is 5.89. The van der Waals surface area contributed by atoms with E-state index in [4.69, 9.17) is 23.2 Å². The highest BCUT2D eigenvalue weighted by Gasteiger charge is 2.05. The van der Waals surface area contributed by atoms with E-state index in [1.54, 1.807) is 72.8 Å². The highest BCUT2D eigenvalue weighted by Crippen LogP contribution is 2.22. The van der Waals surface area contributed by atoms with Crippen molar-refractivity contribution in [1.82, 2.24) is 0 Å². The lowest BCUT2D eigenvalue weighted by molar-refractivity contribution is -0.111. The minimum Gasteiger partial charge on any atom is -0.323 e. The van der Waals surface area contributed by atoms with E-state index >= 15 is 0 Å². The predicted octanol–water partition coefficient (Wildman–Crippen LogP) is 5.90. The van der Waals surface area contributed by atoms with Crippen LogP contribution in [0.25, 0.3) is 6.08 Å². The Morgan fingerprint density at radius 2 is 1.43 bits per heavy atom. The largest absolute Gasteiger partial charge is 0.323 e. The maximum atomic E-state index is 12.1. The molecular formula is C22H16Cl2N2O2. The predicted molar refractivity (Wildman–Crippen MR) is 115 cm³/mol. The zero-order chi connectivity index (χ0) is 19.9. The zero-order valence-electron chi connectivity index (χ0n) is 14.7. The molecule has 0 atom stereocenters. The number of nitrogens with one attached hydrogen (secondary N) is 2. The smallest absolute Gasteiger partial charge is 0.255 e. The first-order valence-corrected chi connectivity index (χ1v) is 9.17. The number of anilines is 2. The van der Waals surface area contributed by atoms with Gasteiger partial charge in [0.15, 0.2) is 0 Å². The average Bonchev–Trinajstić information content (AvgIpc) is 2.69. The van der Waals surface area contributed by atoms with Crippen molar-refractivity contribution in [1.29, 1.82) is 0 Å². The van der Waals surface area contributed by atoms with Crippen LogP contribution in [0.4, 0.5) is 11.4 Å². The van der Waals surface area contributed by atoms with E-state index in [9.17, 15) is 9.59 Å². The Morgan fingerprint density at radius 3 is 2.07 bits per heavy atom. The van der Waals surface area contributed by atoms with E-state index in [2.05, 4.69) is 10.6 Å². The van der Waals surface area contributed by atoms with Gasteiger partial charge in [-0.3, -0.25) is 9.59 Å². The maximum absolute atomic E-state index is 12.1. The molecule has 0 aromatic heterocycles. The molecule has 3 aromatic carbocycles. The normalized spacial score (nSPS) is 10.6. The van der Waals surface area contributed by atoms with E-state index in [1.807, 2.05) is 6.07 Å². The van der Waals surface area contributed by atoms with Crippen molar-refractivity contribution in [2.45, 2.75) is 0 Å². The van der Waals surface area contributed by atoms with Gasteiger partial charge in [-0.25, -0.2) is 0 Å². The van der Waals surface area contributed by atoms with Crippen LogP contribution in [0.2, 0.25) is 10.0 Å². The number of benzene rings is 3. The molecule has 4 nitrogen and oxygen atoms in total. The molecule has 0 unspecified atom stereocenters. The maximum Gasteiger partial charge on any atom is 0.255 e. The molecule has 0 aliphatic carbocycles. The molecule has 0 fully saturated rings. The Labute approximate surface area is 172 Å². The molecule has 0 aliphatic heterocycles. The summed E-state index contributed by atoms with van der Waals surface area (Å²) >= 11 is 11.9. The quantitative estimate of drug-likeness (QED) is 0.514. The molecule has 2 amide bonds. The van der Waals surface area contributed by atoms with Gasteiger partial charge in [-0.2, -0.15) is 0 Å². The number of amides is 2. The number of hydrogen-bond donors (Lipinski definition) is 2. The molecule has 3 rings (SSSR count). The van der Waals surface area contributed by atoms with Crippen LogP contribution in [0.3, 0.4) is 0 Å². The van der Waals surface area contributed by atoms with E-state index in [0.717, 1.165) is 0 Å². The van der Waals surface area contributed by atoms with Gasteiger partial charge in [-0.15, -0.1) is 0 Å². The van der Waals surface area contributed by atoms with Crippen molar-refractivity contribution >= 4 is 52.5 Å². The van der Waals surface area contributed by atoms with E-state index in [-0.39, 0.29) is 11.8 Å². The lowest BCUT2D eigenvalue weighted by atomic mass is 10.2. The van der Waals surface area contributed by atoms with Crippen LogP contribution in [0.1, 0.15) is 15.9 Å². The third-order valence-corrected chi connectivity index (χ3v) is 4.39. The summed E-state index contributed by atoms with van der Waals surface area (Å²) in [5.41, 5.74) is 2.51. The zero-order valence-corrected chi connectivity index (χ0v) is 16.2. The van der Waals surface area contributed by atoms with E-state index in [1.165, 1.54) is 6.08 Å². The molecule has 2 N–H and O–H groups in total. The third kappa shape index (κ3) is 5.46. The van der Waals surface area contributed by atoms with Crippen molar-refractivity contribution in [2.24, 2.45) is 0 Å². The van der Waals surface area contributed by atoms with E-state index < -0.39 is 0 Å². The summed E-state index contributed by atoms with van der Waals surface area (Å²) in [4.78, 5) is 24.2. The van der Waals surface area contributed by atoms with Crippen LogP contribution in [0, 0.1) is 0 Å². The lowest BCUT2D eigenvalue weighted by Gasteiger charge is -2.07. The van der Waals surface area contributed by atoms with Crippen LogP contribution >= 0.6 is 23.2 Å². The Bertz CT molecular complexity index is 1020. The van der Waals surface area contributed by atoms with Gasteiger partial charge < -0.3 is 10.6 Å². The fourth-order valence-corrected chi connectivity index (χ4v) is 2.89. The summed E-state index contributed by atoms with van der Waals surface area (Å²) in [7, 11) is 0. The topological polar surface area (TPSA) is 58.2 Å². The van der Waals surface area contributed by atoms with Gasteiger partial charge in [0.2, 0.25) is 5.91 Å². The van der Waals surface area contributed by atoms with E-state index in [0.29, 0.717) is 32.5 Å². The van der Waals surface area contributed by atoms with Gasteiger partial charge in [-0.1, -0.05) is 47.5 Å². The van der Waals surface area contributed by atoms with Crippen LogP contribution in [0.5, 0.6) is 0 Å². The molecule has 140 valence electrons. The van der Waals surface area contributed by atoms with Gasteiger partial charge in [-0.05, 0) is 60.2 Å². The standard InChI is InChI=1S/C22H16Cl2N2O2/c23-17-8-6-15(20(24)14-17)7-13-21(27)25-18-9-11-19(12-10-18)26-22(28)16-4-2-1-3-5-16/h1-14H,(H,25,27)(H,26,28). The summed E-state index contributed by atoms with van der Waals surface area (Å²) < 4.78 is 0. The molecule has 0 bridgehead atoms. The van der Waals surface area contributed by atoms with Crippen molar-refractivity contribution in [3.8, 4) is 0 Å². The van der Waals surface area contributed by atoms with Crippen molar-refractivity contribution in [3.05, 3.63) is 100 Å². The van der Waals surface area contributed by atoms with Gasteiger partial charge in [0, 0.05) is 33.1 Å². The second kappa shape index (κ2) is 9.22. The van der Waals surface area contributed by atoms with Crippen molar-refractivity contribution in [3.63, 3.8) is 0 Å². The van der Waals surface area contributed by atoms with Crippen molar-refractivity contribution in [2.75, 3.05) is 10.6 Å². The monoisotopic (exact) mass is 410 g/mol. The Kier molecular flexibility index (Phi) is 6.48. The molecule has 0 spiro atoms. The van der Waals surface area contributed by atoms with Crippen LogP contribution in [-0.2, 0) is 4.79 Å². The number of rotatable bonds is 5. The van der Waals surface area contributed by atoms with Crippen molar-refractivity contribution < 1.29 is 9.59 Å². The fourth-order valence-electron chi connectivity index (χ4n) is 2.42. The molecule has 0 radical (unpaired) electrons. The number of hydrogen-bond acceptors (Lipinski definition) is 2. The summed E-state index contributed by atoms with van der Waals surface area (Å²) in [5.74, 6) is -0.493. The SMILES string of the molecule is O=C(C=Cc1ccc(Cl)cc1Cl)Nc1ccc(NC(=O)c2ccccc2)cc1. The summed E-state index contributed by atoms with van der Waals surface area (Å²) in [6.45, 7) is 0. The molecule has 0 saturated carbocycles. The summed E-state index contributed by atoms with van der Waals surface area (Å²) in [5, 5.41) is 6.55. The molecule has 0 saturated heterocycles. The number of carbonyl (C=O) groups excluding carboxylic acids is 2. The molecule has 28 heavy (non-hydrogen) atoms. The second-order valence-corrected chi connectivity index (χ2v) is 6.73. The Balaban J connectivity index is 1.58. The minimum atomic E-state index is -0.299. The molecule has 6 heteroatoms. The lowest BCUT2D eigenvalue weighted by Crippen LogP contribution is -2.12. The van der Waals surface area contributed by atoms with Gasteiger partial charge in [0.05, 0.1) is 0 Å².